The number of hydrogen-bond acceptors (Lipinski definition) is 7. The van der Waals surface area contributed by atoms with Crippen LogP contribution in [-0.2, 0) is 21.4 Å². The lowest BCUT2D eigenvalue weighted by molar-refractivity contribution is 0.0428. The molecule has 4 rings (SSSR count). The Balaban J connectivity index is 1.45. The van der Waals surface area contributed by atoms with E-state index in [0.29, 0.717) is 11.1 Å². The van der Waals surface area contributed by atoms with Crippen LogP contribution in [0.5, 0.6) is 0 Å². The molecule has 10 heteroatoms. The Bertz CT molecular complexity index is 1190. The third kappa shape index (κ3) is 4.55. The zero-order chi connectivity index (χ0) is 21.3. The molecule has 30 heavy (non-hydrogen) atoms. The maximum absolute atomic E-state index is 13.0. The van der Waals surface area contributed by atoms with Crippen LogP contribution >= 0.6 is 0 Å². The van der Waals surface area contributed by atoms with Crippen molar-refractivity contribution in [2.45, 2.75) is 37.3 Å². The molecule has 1 aromatic heterocycles. The van der Waals surface area contributed by atoms with Gasteiger partial charge in [-0.3, -0.25) is 0 Å². The molecular formula is C20H18FN3O5S. The van der Waals surface area contributed by atoms with E-state index >= 15 is 0 Å². The summed E-state index contributed by atoms with van der Waals surface area (Å²) in [5.41, 5.74) is 1.25. The third-order valence-corrected chi connectivity index (χ3v) is 6.05. The van der Waals surface area contributed by atoms with Crippen LogP contribution < -0.4 is 4.72 Å². The summed E-state index contributed by atoms with van der Waals surface area (Å²) in [6.07, 6.45) is 1.62. The summed E-state index contributed by atoms with van der Waals surface area (Å²) >= 11 is 0. The number of esters is 1. The number of halogens is 1. The van der Waals surface area contributed by atoms with Crippen LogP contribution in [0.2, 0.25) is 0 Å². The van der Waals surface area contributed by atoms with Crippen LogP contribution in [0.25, 0.3) is 11.4 Å². The fourth-order valence-corrected chi connectivity index (χ4v) is 4.04. The molecule has 2 aromatic carbocycles. The first kappa shape index (κ1) is 20.2. The number of ether oxygens (including phenoxy) is 1. The third-order valence-electron chi connectivity index (χ3n) is 4.54. The number of hydrogen-bond donors (Lipinski definition) is 1. The molecule has 0 bridgehead atoms. The van der Waals surface area contributed by atoms with Crippen LogP contribution in [0.15, 0.2) is 51.9 Å². The van der Waals surface area contributed by atoms with Gasteiger partial charge in [-0.1, -0.05) is 11.2 Å². The van der Waals surface area contributed by atoms with E-state index in [1.807, 2.05) is 0 Å². The number of carbonyl (C=O) groups excluding carboxylic acids is 1. The minimum absolute atomic E-state index is 0.00309. The molecule has 1 heterocycles. The maximum atomic E-state index is 13.0. The topological polar surface area (TPSA) is 111 Å². The number of benzene rings is 2. The number of nitrogens with zero attached hydrogens (tertiary/aromatic N) is 2. The minimum atomic E-state index is -3.69. The highest BCUT2D eigenvalue weighted by Gasteiger charge is 2.28. The Hall–Kier alpha value is -3.11. The van der Waals surface area contributed by atoms with Crippen molar-refractivity contribution in [3.63, 3.8) is 0 Å². The number of carbonyl (C=O) groups is 1. The Labute approximate surface area is 172 Å². The monoisotopic (exact) mass is 431 g/mol. The van der Waals surface area contributed by atoms with E-state index < -0.39 is 16.0 Å². The first-order chi connectivity index (χ1) is 14.3. The molecule has 0 aliphatic heterocycles. The molecule has 1 fully saturated rings. The molecule has 1 aliphatic rings. The molecule has 8 nitrogen and oxygen atoms in total. The highest BCUT2D eigenvalue weighted by molar-refractivity contribution is 7.89. The van der Waals surface area contributed by atoms with Gasteiger partial charge in [-0.05, 0) is 61.7 Å². The van der Waals surface area contributed by atoms with Gasteiger partial charge >= 0.3 is 5.97 Å². The second kappa shape index (κ2) is 7.96. The van der Waals surface area contributed by atoms with E-state index in [-0.39, 0.29) is 40.6 Å². The van der Waals surface area contributed by atoms with Crippen LogP contribution in [0.1, 0.15) is 34.7 Å². The molecule has 0 unspecified atom stereocenters. The van der Waals surface area contributed by atoms with Crippen molar-refractivity contribution in [3.05, 3.63) is 65.3 Å². The first-order valence-electron chi connectivity index (χ1n) is 9.20. The first-order valence-corrected chi connectivity index (χ1v) is 10.7. The van der Waals surface area contributed by atoms with Crippen molar-refractivity contribution in [2.24, 2.45) is 0 Å². The van der Waals surface area contributed by atoms with Gasteiger partial charge in [-0.2, -0.15) is 4.98 Å². The van der Waals surface area contributed by atoms with Gasteiger partial charge < -0.3 is 9.26 Å². The quantitative estimate of drug-likeness (QED) is 0.573. The molecule has 3 aromatic rings. The van der Waals surface area contributed by atoms with Crippen LogP contribution in [-0.4, -0.2) is 30.6 Å². The molecule has 1 N–H and O–H groups in total. The van der Waals surface area contributed by atoms with E-state index in [9.17, 15) is 17.6 Å². The number of aromatic nitrogens is 2. The van der Waals surface area contributed by atoms with Gasteiger partial charge in [0, 0.05) is 11.6 Å². The average Bonchev–Trinajstić information content (AvgIpc) is 3.39. The van der Waals surface area contributed by atoms with E-state index in [4.69, 9.17) is 9.26 Å². The Morgan fingerprint density at radius 2 is 1.97 bits per heavy atom. The number of sulfonamides is 1. The normalized spacial score (nSPS) is 13.9. The largest absolute Gasteiger partial charge is 0.452 e. The molecule has 1 saturated carbocycles. The number of rotatable bonds is 7. The molecule has 1 aliphatic carbocycles. The molecule has 0 amide bonds. The molecule has 0 radical (unpaired) electrons. The van der Waals surface area contributed by atoms with E-state index in [0.717, 1.165) is 12.8 Å². The number of nitrogens with one attached hydrogen (secondary N) is 1. The fourth-order valence-electron chi connectivity index (χ4n) is 2.71. The van der Waals surface area contributed by atoms with E-state index in [2.05, 4.69) is 14.9 Å². The van der Waals surface area contributed by atoms with Gasteiger partial charge in [-0.25, -0.2) is 22.3 Å². The van der Waals surface area contributed by atoms with Crippen molar-refractivity contribution in [1.29, 1.82) is 0 Å². The highest BCUT2D eigenvalue weighted by Crippen LogP contribution is 2.24. The summed E-state index contributed by atoms with van der Waals surface area (Å²) in [6.45, 7) is 1.39. The lowest BCUT2D eigenvalue weighted by atomic mass is 10.1. The smallest absolute Gasteiger partial charge is 0.338 e. The summed E-state index contributed by atoms with van der Waals surface area (Å²) < 4.78 is 50.6. The van der Waals surface area contributed by atoms with Crippen LogP contribution in [0.3, 0.4) is 0 Å². The zero-order valence-electron chi connectivity index (χ0n) is 16.0. The Kier molecular flexibility index (Phi) is 5.35. The number of aryl methyl sites for hydroxylation is 1. The molecule has 0 saturated heterocycles. The van der Waals surface area contributed by atoms with Gasteiger partial charge in [0.2, 0.25) is 15.8 Å². The lowest BCUT2D eigenvalue weighted by Gasteiger charge is -2.09. The maximum Gasteiger partial charge on any atom is 0.338 e. The summed E-state index contributed by atoms with van der Waals surface area (Å²) in [5, 5.41) is 3.78. The van der Waals surface area contributed by atoms with Crippen LogP contribution in [0, 0.1) is 12.7 Å². The summed E-state index contributed by atoms with van der Waals surface area (Å²) in [7, 11) is -3.69. The average molecular weight is 431 g/mol. The summed E-state index contributed by atoms with van der Waals surface area (Å²) in [5.74, 6) is -0.808. The Morgan fingerprint density at radius 1 is 1.23 bits per heavy atom. The van der Waals surface area contributed by atoms with Gasteiger partial charge in [-0.15, -0.1) is 0 Å². The predicted octanol–water partition coefficient (Wildman–Crippen LogP) is 2.98. The standard InChI is InChI=1S/C20H18FN3O5S/c1-12-2-9-16(30(26,27)24-15-7-8-15)10-17(12)20(25)28-11-18-22-19(23-29-18)13-3-5-14(21)6-4-13/h2-6,9-10,15,24H,7-8,11H2,1H3. The van der Waals surface area contributed by atoms with Crippen LogP contribution in [0.4, 0.5) is 4.39 Å². The van der Waals surface area contributed by atoms with Gasteiger partial charge in [0.15, 0.2) is 6.61 Å². The lowest BCUT2D eigenvalue weighted by Crippen LogP contribution is -2.26. The van der Waals surface area contributed by atoms with Gasteiger partial charge in [0.05, 0.1) is 10.5 Å². The van der Waals surface area contributed by atoms with Gasteiger partial charge in [0.25, 0.3) is 5.89 Å². The van der Waals surface area contributed by atoms with E-state index in [1.165, 1.54) is 36.4 Å². The summed E-state index contributed by atoms with van der Waals surface area (Å²) in [4.78, 5) is 16.6. The van der Waals surface area contributed by atoms with Crippen molar-refractivity contribution in [1.82, 2.24) is 14.9 Å². The van der Waals surface area contributed by atoms with E-state index in [1.54, 1.807) is 13.0 Å². The SMILES string of the molecule is Cc1ccc(S(=O)(=O)NC2CC2)cc1C(=O)OCc1nc(-c2ccc(F)cc2)no1. The molecule has 0 atom stereocenters. The predicted molar refractivity (Wildman–Crippen MR) is 103 cm³/mol. The van der Waals surface area contributed by atoms with Gasteiger partial charge in [0.1, 0.15) is 5.82 Å². The highest BCUT2D eigenvalue weighted by atomic mass is 32.2. The second-order valence-corrected chi connectivity index (χ2v) is 8.68. The van der Waals surface area contributed by atoms with Crippen molar-refractivity contribution in [2.75, 3.05) is 0 Å². The minimum Gasteiger partial charge on any atom is -0.452 e. The summed E-state index contributed by atoms with van der Waals surface area (Å²) in [6, 6.07) is 9.80. The van der Waals surface area contributed by atoms with Crippen molar-refractivity contribution >= 4 is 16.0 Å². The molecule has 0 spiro atoms. The second-order valence-electron chi connectivity index (χ2n) is 6.97. The fraction of sp³-hybridized carbons (Fsp3) is 0.250. The molecular weight excluding hydrogens is 413 g/mol. The molecule has 156 valence electrons. The zero-order valence-corrected chi connectivity index (χ0v) is 16.8. The van der Waals surface area contributed by atoms with Crippen molar-refractivity contribution in [3.8, 4) is 11.4 Å². The Morgan fingerprint density at radius 3 is 2.67 bits per heavy atom. The van der Waals surface area contributed by atoms with Crippen molar-refractivity contribution < 1.29 is 26.9 Å².